The number of morpholine rings is 1. The molecular weight excluding hydrogens is 346 g/mol. The van der Waals surface area contributed by atoms with E-state index >= 15 is 0 Å². The molecule has 0 unspecified atom stereocenters. The molecule has 8 heteroatoms. The maximum Gasteiger partial charge on any atom is 0.258 e. The van der Waals surface area contributed by atoms with Crippen molar-refractivity contribution in [2.24, 2.45) is 0 Å². The van der Waals surface area contributed by atoms with Crippen LogP contribution >= 0.6 is 0 Å². The molecule has 0 aliphatic carbocycles. The second-order valence-corrected chi connectivity index (χ2v) is 7.24. The predicted molar refractivity (Wildman–Crippen MR) is 99.3 cm³/mol. The summed E-state index contributed by atoms with van der Waals surface area (Å²) in [6, 6.07) is 3.86. The van der Waals surface area contributed by atoms with E-state index in [1.807, 2.05) is 24.0 Å². The Labute approximate surface area is 158 Å². The van der Waals surface area contributed by atoms with Crippen molar-refractivity contribution in [3.8, 4) is 11.5 Å². The van der Waals surface area contributed by atoms with Gasteiger partial charge in [-0.3, -0.25) is 4.79 Å². The van der Waals surface area contributed by atoms with Gasteiger partial charge in [-0.1, -0.05) is 12.1 Å². The molecule has 27 heavy (non-hydrogen) atoms. The van der Waals surface area contributed by atoms with Crippen molar-refractivity contribution in [1.82, 2.24) is 20.0 Å². The molecule has 144 valence electrons. The van der Waals surface area contributed by atoms with Crippen LogP contribution in [0, 0.1) is 6.92 Å². The minimum atomic E-state index is -0.207. The van der Waals surface area contributed by atoms with E-state index in [0.29, 0.717) is 24.7 Å². The summed E-state index contributed by atoms with van der Waals surface area (Å²) in [6.45, 7) is 7.46. The van der Waals surface area contributed by atoms with Gasteiger partial charge in [-0.05, 0) is 31.9 Å². The number of aromatic nitrogens is 3. The van der Waals surface area contributed by atoms with E-state index in [0.717, 1.165) is 50.4 Å². The Balaban J connectivity index is 1.48. The first-order chi connectivity index (χ1) is 13.1. The Hall–Kier alpha value is -2.48. The number of pyridine rings is 1. The zero-order valence-electron chi connectivity index (χ0n) is 15.8. The molecule has 8 nitrogen and oxygen atoms in total. The van der Waals surface area contributed by atoms with E-state index < -0.39 is 0 Å². The average molecular weight is 371 g/mol. The topological polar surface area (TPSA) is 84.6 Å². The third kappa shape index (κ3) is 3.66. The summed E-state index contributed by atoms with van der Waals surface area (Å²) in [5.74, 6) is 2.23. The number of aryl methyl sites for hydroxylation is 1. The first kappa shape index (κ1) is 17.9. The molecule has 2 aromatic rings. The molecule has 1 spiro atoms. The van der Waals surface area contributed by atoms with Crippen molar-refractivity contribution < 1.29 is 14.1 Å². The molecule has 2 saturated heterocycles. The largest absolute Gasteiger partial charge is 0.371 e. The lowest BCUT2D eigenvalue weighted by molar-refractivity contribution is -0.139. The summed E-state index contributed by atoms with van der Waals surface area (Å²) >= 11 is 0. The molecule has 0 radical (unpaired) electrons. The van der Waals surface area contributed by atoms with Crippen molar-refractivity contribution in [2.75, 3.05) is 37.7 Å². The molecule has 2 aromatic heterocycles. The first-order valence-corrected chi connectivity index (χ1v) is 9.52. The molecular formula is C19H25N5O3. The highest BCUT2D eigenvalue weighted by Gasteiger charge is 2.40. The number of ether oxygens (including phenoxy) is 1. The molecule has 0 aromatic carbocycles. The summed E-state index contributed by atoms with van der Waals surface area (Å²) in [5, 5.41) is 3.86. The quantitative estimate of drug-likeness (QED) is 0.816. The van der Waals surface area contributed by atoms with Crippen LogP contribution in [0.1, 0.15) is 32.0 Å². The van der Waals surface area contributed by atoms with Crippen LogP contribution in [0.25, 0.3) is 11.5 Å². The number of nitrogens with zero attached hydrogens (tertiary/aromatic N) is 5. The van der Waals surface area contributed by atoms with Gasteiger partial charge in [-0.2, -0.15) is 4.98 Å². The number of amides is 1. The smallest absolute Gasteiger partial charge is 0.258 e. The maximum atomic E-state index is 11.9. The van der Waals surface area contributed by atoms with Gasteiger partial charge in [0, 0.05) is 44.4 Å². The van der Waals surface area contributed by atoms with Crippen molar-refractivity contribution in [2.45, 2.75) is 38.7 Å². The fraction of sp³-hybridized carbons (Fsp3) is 0.579. The number of likely N-dealkylation sites (tertiary alicyclic amines) is 1. The van der Waals surface area contributed by atoms with Crippen molar-refractivity contribution >= 4 is 11.7 Å². The van der Waals surface area contributed by atoms with Crippen LogP contribution in [-0.2, 0) is 9.53 Å². The SMILES string of the molecule is CCC(=O)N1CCC2(CC1)CN(c1cc(-c3nc(C)no3)ccn1)CCO2. The van der Waals surface area contributed by atoms with Gasteiger partial charge in [-0.15, -0.1) is 0 Å². The Morgan fingerprint density at radius 2 is 2.11 bits per heavy atom. The third-order valence-electron chi connectivity index (χ3n) is 5.42. The average Bonchev–Trinajstić information content (AvgIpc) is 3.15. The molecule has 0 N–H and O–H groups in total. The number of carbonyl (C=O) groups is 1. The van der Waals surface area contributed by atoms with Crippen molar-refractivity contribution in [3.05, 3.63) is 24.2 Å². The lowest BCUT2D eigenvalue weighted by Gasteiger charge is -2.47. The van der Waals surface area contributed by atoms with Gasteiger partial charge in [-0.25, -0.2) is 4.98 Å². The molecule has 0 atom stereocenters. The molecule has 0 saturated carbocycles. The number of rotatable bonds is 3. The van der Waals surface area contributed by atoms with Crippen LogP contribution in [0.4, 0.5) is 5.82 Å². The van der Waals surface area contributed by atoms with E-state index in [1.165, 1.54) is 0 Å². The standard InChI is InChI=1S/C19H25N5O3/c1-3-17(25)23-8-5-19(6-9-23)13-24(10-11-26-19)16-12-15(4-7-20-16)18-21-14(2)22-27-18/h4,7,12H,3,5-6,8-11,13H2,1-2H3. The van der Waals surface area contributed by atoms with Crippen LogP contribution in [0.15, 0.2) is 22.9 Å². The summed E-state index contributed by atoms with van der Waals surface area (Å²) < 4.78 is 11.5. The number of carbonyl (C=O) groups excluding carboxylic acids is 1. The van der Waals surface area contributed by atoms with Gasteiger partial charge in [0.2, 0.25) is 5.91 Å². The minimum absolute atomic E-state index is 0.207. The molecule has 2 aliphatic rings. The monoisotopic (exact) mass is 371 g/mol. The van der Waals surface area contributed by atoms with E-state index in [2.05, 4.69) is 20.0 Å². The van der Waals surface area contributed by atoms with Gasteiger partial charge in [0.25, 0.3) is 5.89 Å². The van der Waals surface area contributed by atoms with Crippen LogP contribution in [-0.4, -0.2) is 64.3 Å². The van der Waals surface area contributed by atoms with Gasteiger partial charge < -0.3 is 19.1 Å². The predicted octanol–water partition coefficient (Wildman–Crippen LogP) is 2.05. The summed E-state index contributed by atoms with van der Waals surface area (Å²) in [5.41, 5.74) is 0.658. The Morgan fingerprint density at radius 3 is 2.81 bits per heavy atom. The fourth-order valence-electron chi connectivity index (χ4n) is 3.87. The third-order valence-corrected chi connectivity index (χ3v) is 5.42. The van der Waals surface area contributed by atoms with Gasteiger partial charge in [0.15, 0.2) is 5.82 Å². The highest BCUT2D eigenvalue weighted by atomic mass is 16.5. The number of hydrogen-bond acceptors (Lipinski definition) is 7. The Morgan fingerprint density at radius 1 is 1.30 bits per heavy atom. The zero-order valence-corrected chi connectivity index (χ0v) is 15.8. The summed E-state index contributed by atoms with van der Waals surface area (Å²) in [7, 11) is 0. The van der Waals surface area contributed by atoms with Gasteiger partial charge in [0.1, 0.15) is 5.82 Å². The van der Waals surface area contributed by atoms with Crippen LogP contribution in [0.2, 0.25) is 0 Å². The van der Waals surface area contributed by atoms with Crippen molar-refractivity contribution in [1.29, 1.82) is 0 Å². The van der Waals surface area contributed by atoms with Crippen LogP contribution in [0.5, 0.6) is 0 Å². The molecule has 2 aliphatic heterocycles. The lowest BCUT2D eigenvalue weighted by atomic mass is 9.89. The molecule has 4 rings (SSSR count). The Bertz CT molecular complexity index is 813. The summed E-state index contributed by atoms with van der Waals surface area (Å²) in [4.78, 5) is 25.0. The van der Waals surface area contributed by atoms with Crippen LogP contribution < -0.4 is 4.90 Å². The van der Waals surface area contributed by atoms with Gasteiger partial charge >= 0.3 is 0 Å². The van der Waals surface area contributed by atoms with E-state index in [4.69, 9.17) is 9.26 Å². The first-order valence-electron chi connectivity index (χ1n) is 9.52. The lowest BCUT2D eigenvalue weighted by Crippen LogP contribution is -2.57. The van der Waals surface area contributed by atoms with Crippen molar-refractivity contribution in [3.63, 3.8) is 0 Å². The number of piperidine rings is 1. The molecule has 0 bridgehead atoms. The highest BCUT2D eigenvalue weighted by Crippen LogP contribution is 2.32. The second-order valence-electron chi connectivity index (χ2n) is 7.24. The Kier molecular flexibility index (Phi) is 4.82. The number of anilines is 1. The molecule has 2 fully saturated rings. The second kappa shape index (κ2) is 7.26. The number of hydrogen-bond donors (Lipinski definition) is 0. The van der Waals surface area contributed by atoms with Gasteiger partial charge in [0.05, 0.1) is 12.2 Å². The molecule has 4 heterocycles. The zero-order chi connectivity index (χ0) is 18.9. The van der Waals surface area contributed by atoms with Crippen LogP contribution in [0.3, 0.4) is 0 Å². The normalized spacial score (nSPS) is 19.5. The summed E-state index contributed by atoms with van der Waals surface area (Å²) in [6.07, 6.45) is 4.05. The highest BCUT2D eigenvalue weighted by molar-refractivity contribution is 5.75. The maximum absolute atomic E-state index is 11.9. The molecule has 1 amide bonds. The van der Waals surface area contributed by atoms with E-state index in [9.17, 15) is 4.79 Å². The fourth-order valence-corrected chi connectivity index (χ4v) is 3.87. The minimum Gasteiger partial charge on any atom is -0.371 e. The van der Waals surface area contributed by atoms with E-state index in [1.54, 1.807) is 13.1 Å². The van der Waals surface area contributed by atoms with E-state index in [-0.39, 0.29) is 11.5 Å².